The molecule has 1 aromatic heterocycles. The number of pyridine rings is 1. The number of rotatable bonds is 4. The Balaban J connectivity index is 1.54. The summed E-state index contributed by atoms with van der Waals surface area (Å²) >= 11 is 0. The Morgan fingerprint density at radius 2 is 2.14 bits per heavy atom. The maximum atomic E-state index is 11.1. The van der Waals surface area contributed by atoms with E-state index in [1.807, 2.05) is 18.3 Å². The first-order chi connectivity index (χ1) is 10.5. The second-order valence-corrected chi connectivity index (χ2v) is 7.86. The summed E-state index contributed by atoms with van der Waals surface area (Å²) in [4.78, 5) is 9.25. The summed E-state index contributed by atoms with van der Waals surface area (Å²) in [6.07, 6.45) is 5.05. The molecule has 3 rings (SSSR count). The molecule has 2 atom stereocenters. The highest BCUT2D eigenvalue weighted by Crippen LogP contribution is 2.27. The first-order valence-corrected chi connectivity index (χ1v) is 9.57. The minimum atomic E-state index is -3.33. The number of piperazine rings is 1. The summed E-state index contributed by atoms with van der Waals surface area (Å²) in [6, 6.07) is 6.55. The fourth-order valence-electron chi connectivity index (χ4n) is 3.36. The maximum absolute atomic E-state index is 11.1. The van der Waals surface area contributed by atoms with Gasteiger partial charge in [-0.25, -0.2) is 4.98 Å². The Hall–Kier alpha value is -1.18. The van der Waals surface area contributed by atoms with Crippen molar-refractivity contribution in [3.63, 3.8) is 0 Å². The fraction of sp³-hybridized carbons (Fsp3) is 0.667. The van der Waals surface area contributed by atoms with Crippen molar-refractivity contribution in [3.05, 3.63) is 24.4 Å². The van der Waals surface area contributed by atoms with Crippen molar-refractivity contribution in [1.82, 2.24) is 9.88 Å². The van der Waals surface area contributed by atoms with Gasteiger partial charge in [-0.05, 0) is 30.9 Å². The zero-order chi connectivity index (χ0) is 15.6. The highest BCUT2D eigenvalue weighted by molar-refractivity contribution is 7.85. The van der Waals surface area contributed by atoms with Crippen LogP contribution < -0.4 is 4.90 Å². The second-order valence-electron chi connectivity index (χ2n) is 6.21. The number of nitrogens with zero attached hydrogens (tertiary/aromatic N) is 3. The lowest BCUT2D eigenvalue weighted by molar-refractivity contribution is 0.0743. The molecule has 0 bridgehead atoms. The third kappa shape index (κ3) is 3.97. The Morgan fingerprint density at radius 1 is 1.27 bits per heavy atom. The third-order valence-corrected chi connectivity index (χ3v) is 5.06. The van der Waals surface area contributed by atoms with Crippen LogP contribution in [-0.4, -0.2) is 63.4 Å². The first-order valence-electron chi connectivity index (χ1n) is 7.76. The fourth-order valence-corrected chi connectivity index (χ4v) is 3.80. The highest BCUT2D eigenvalue weighted by atomic mass is 32.2. The highest BCUT2D eigenvalue weighted by Gasteiger charge is 2.33. The van der Waals surface area contributed by atoms with E-state index in [-0.39, 0.29) is 0 Å². The first kappa shape index (κ1) is 15.7. The van der Waals surface area contributed by atoms with E-state index in [0.717, 1.165) is 51.1 Å². The molecule has 2 saturated heterocycles. The Morgan fingerprint density at radius 3 is 2.86 bits per heavy atom. The number of anilines is 1. The summed E-state index contributed by atoms with van der Waals surface area (Å²) < 4.78 is 27.2. The van der Waals surface area contributed by atoms with Crippen LogP contribution in [0.15, 0.2) is 24.4 Å². The Bertz CT molecular complexity index is 593. The van der Waals surface area contributed by atoms with Gasteiger partial charge in [0.1, 0.15) is 5.82 Å². The molecule has 0 spiro atoms. The van der Waals surface area contributed by atoms with Crippen LogP contribution in [0.2, 0.25) is 0 Å². The van der Waals surface area contributed by atoms with Crippen LogP contribution >= 0.6 is 0 Å². The zero-order valence-corrected chi connectivity index (χ0v) is 13.7. The van der Waals surface area contributed by atoms with E-state index >= 15 is 0 Å². The lowest BCUT2D eigenvalue weighted by atomic mass is 9.91. The van der Waals surface area contributed by atoms with Crippen molar-refractivity contribution in [3.8, 4) is 0 Å². The standard InChI is InChI=1S/C15H23N3O3S/c1-22(19,20)21-12-13-5-6-14-11-18(9-8-17(14)10-13)15-4-2-3-7-16-15/h2-4,7,13-14H,5-6,8-12H2,1H3/t13-,14-/m1/s1. The van der Waals surface area contributed by atoms with Gasteiger partial charge in [-0.1, -0.05) is 6.07 Å². The molecule has 1 aromatic rings. The molecule has 2 aliphatic rings. The van der Waals surface area contributed by atoms with Gasteiger partial charge in [-0.3, -0.25) is 9.08 Å². The molecule has 0 aromatic carbocycles. The van der Waals surface area contributed by atoms with E-state index in [0.29, 0.717) is 18.6 Å². The maximum Gasteiger partial charge on any atom is 0.264 e. The Labute approximate surface area is 132 Å². The molecule has 0 aliphatic carbocycles. The second kappa shape index (κ2) is 6.52. The SMILES string of the molecule is CS(=O)(=O)OC[C@@H]1CC[C@@H]2CN(c3ccccn3)CCN2C1. The summed E-state index contributed by atoms with van der Waals surface area (Å²) in [6.45, 7) is 4.20. The van der Waals surface area contributed by atoms with Gasteiger partial charge in [-0.2, -0.15) is 8.42 Å². The van der Waals surface area contributed by atoms with Crippen LogP contribution in [0.5, 0.6) is 0 Å². The van der Waals surface area contributed by atoms with Gasteiger partial charge in [0.15, 0.2) is 0 Å². The molecule has 0 unspecified atom stereocenters. The lowest BCUT2D eigenvalue weighted by Gasteiger charge is -2.46. The van der Waals surface area contributed by atoms with Crippen LogP contribution in [0, 0.1) is 5.92 Å². The van der Waals surface area contributed by atoms with E-state index in [9.17, 15) is 8.42 Å². The smallest absolute Gasteiger partial charge is 0.264 e. The van der Waals surface area contributed by atoms with Crippen LogP contribution in [0.4, 0.5) is 5.82 Å². The van der Waals surface area contributed by atoms with Gasteiger partial charge < -0.3 is 4.90 Å². The summed E-state index contributed by atoms with van der Waals surface area (Å²) in [7, 11) is -3.33. The van der Waals surface area contributed by atoms with Crippen molar-refractivity contribution in [2.75, 3.05) is 43.9 Å². The molecule has 0 N–H and O–H groups in total. The van der Waals surface area contributed by atoms with E-state index in [2.05, 4.69) is 20.9 Å². The van der Waals surface area contributed by atoms with E-state index < -0.39 is 10.1 Å². The Kier molecular flexibility index (Phi) is 4.65. The third-order valence-electron chi connectivity index (χ3n) is 4.50. The van der Waals surface area contributed by atoms with Crippen LogP contribution in [0.1, 0.15) is 12.8 Å². The quantitative estimate of drug-likeness (QED) is 0.769. The normalized spacial score (nSPS) is 26.7. The van der Waals surface area contributed by atoms with Crippen LogP contribution in [0.3, 0.4) is 0 Å². The average molecular weight is 325 g/mol. The number of aromatic nitrogens is 1. The molecule has 7 heteroatoms. The van der Waals surface area contributed by atoms with Gasteiger partial charge in [-0.15, -0.1) is 0 Å². The average Bonchev–Trinajstić information content (AvgIpc) is 2.52. The summed E-state index contributed by atoms with van der Waals surface area (Å²) in [5.41, 5.74) is 0. The van der Waals surface area contributed by atoms with Crippen molar-refractivity contribution in [1.29, 1.82) is 0 Å². The number of hydrogen-bond acceptors (Lipinski definition) is 6. The summed E-state index contributed by atoms with van der Waals surface area (Å²) in [5.74, 6) is 1.36. The minimum Gasteiger partial charge on any atom is -0.354 e. The van der Waals surface area contributed by atoms with Gasteiger partial charge >= 0.3 is 0 Å². The number of hydrogen-bond donors (Lipinski definition) is 0. The van der Waals surface area contributed by atoms with Gasteiger partial charge in [0.05, 0.1) is 12.9 Å². The minimum absolute atomic E-state index is 0.312. The molecular formula is C15H23N3O3S. The van der Waals surface area contributed by atoms with Gasteiger partial charge in [0.25, 0.3) is 10.1 Å². The van der Waals surface area contributed by atoms with E-state index in [4.69, 9.17) is 4.18 Å². The van der Waals surface area contributed by atoms with Crippen molar-refractivity contribution in [2.45, 2.75) is 18.9 Å². The predicted molar refractivity (Wildman–Crippen MR) is 85.3 cm³/mol. The number of piperidine rings is 1. The van der Waals surface area contributed by atoms with Crippen molar-refractivity contribution < 1.29 is 12.6 Å². The van der Waals surface area contributed by atoms with E-state index in [1.165, 1.54) is 0 Å². The van der Waals surface area contributed by atoms with Crippen LogP contribution in [0.25, 0.3) is 0 Å². The van der Waals surface area contributed by atoms with Crippen LogP contribution in [-0.2, 0) is 14.3 Å². The molecule has 22 heavy (non-hydrogen) atoms. The van der Waals surface area contributed by atoms with E-state index in [1.54, 1.807) is 0 Å². The van der Waals surface area contributed by atoms with Gasteiger partial charge in [0, 0.05) is 38.4 Å². The predicted octanol–water partition coefficient (Wildman–Crippen LogP) is 0.958. The van der Waals surface area contributed by atoms with Crippen molar-refractivity contribution >= 4 is 15.9 Å². The molecule has 0 saturated carbocycles. The molecule has 6 nitrogen and oxygen atoms in total. The summed E-state index contributed by atoms with van der Waals surface area (Å²) in [5, 5.41) is 0. The topological polar surface area (TPSA) is 62.7 Å². The molecule has 122 valence electrons. The molecule has 3 heterocycles. The van der Waals surface area contributed by atoms with Crippen molar-refractivity contribution in [2.24, 2.45) is 5.92 Å². The molecule has 2 fully saturated rings. The number of fused-ring (bicyclic) bond motifs is 1. The molecule has 0 amide bonds. The monoisotopic (exact) mass is 325 g/mol. The van der Waals surface area contributed by atoms with Gasteiger partial charge in [0.2, 0.25) is 0 Å². The molecule has 0 radical (unpaired) electrons. The molecule has 2 aliphatic heterocycles. The molecular weight excluding hydrogens is 302 g/mol. The zero-order valence-electron chi connectivity index (χ0n) is 12.9. The largest absolute Gasteiger partial charge is 0.354 e. The lowest BCUT2D eigenvalue weighted by Crippen LogP contribution is -2.57.